The molecule has 0 aliphatic carbocycles. The van der Waals surface area contributed by atoms with Gasteiger partial charge in [-0.25, -0.2) is 18.6 Å². The standard InChI is InChI=1S/C22H29F2N3O3/c1-6-19-25-13-18-17(8-7-14-11-15(23)20(29-5)16(24)12-14)27(10-9-26(18)19)21(28)30-22(2,3)4/h11-13,17H,6-10H2,1-5H3. The minimum absolute atomic E-state index is 0.297. The minimum Gasteiger partial charge on any atom is -0.491 e. The molecule has 6 nitrogen and oxygen atoms in total. The van der Waals surface area contributed by atoms with E-state index in [-0.39, 0.29) is 6.04 Å². The van der Waals surface area contributed by atoms with Gasteiger partial charge in [-0.1, -0.05) is 6.92 Å². The number of benzene rings is 1. The van der Waals surface area contributed by atoms with Crippen molar-refractivity contribution < 1.29 is 23.0 Å². The predicted molar refractivity (Wildman–Crippen MR) is 109 cm³/mol. The lowest BCUT2D eigenvalue weighted by molar-refractivity contribution is 0.00946. The normalized spacial score (nSPS) is 16.4. The largest absolute Gasteiger partial charge is 0.491 e. The number of nitrogens with zero attached hydrogens (tertiary/aromatic N) is 3. The Morgan fingerprint density at radius 2 is 1.90 bits per heavy atom. The smallest absolute Gasteiger partial charge is 0.410 e. The Bertz CT molecular complexity index is 898. The molecule has 2 aromatic rings. The molecule has 1 amide bonds. The molecule has 30 heavy (non-hydrogen) atoms. The summed E-state index contributed by atoms with van der Waals surface area (Å²) < 4.78 is 40.7. The molecule has 1 aliphatic heterocycles. The second kappa shape index (κ2) is 8.62. The highest BCUT2D eigenvalue weighted by Gasteiger charge is 2.35. The lowest BCUT2D eigenvalue weighted by Gasteiger charge is -2.38. The molecule has 0 radical (unpaired) electrons. The number of rotatable bonds is 5. The fourth-order valence-corrected chi connectivity index (χ4v) is 3.86. The van der Waals surface area contributed by atoms with Crippen LogP contribution in [0.2, 0.25) is 0 Å². The average molecular weight is 421 g/mol. The Morgan fingerprint density at radius 1 is 1.23 bits per heavy atom. The zero-order valence-corrected chi connectivity index (χ0v) is 18.2. The lowest BCUT2D eigenvalue weighted by atomic mass is 10.00. The zero-order chi connectivity index (χ0) is 22.1. The monoisotopic (exact) mass is 421 g/mol. The summed E-state index contributed by atoms with van der Waals surface area (Å²) >= 11 is 0. The molecule has 2 heterocycles. The molecule has 0 saturated carbocycles. The topological polar surface area (TPSA) is 56.6 Å². The quantitative estimate of drug-likeness (QED) is 0.705. The summed E-state index contributed by atoms with van der Waals surface area (Å²) in [5, 5.41) is 0. The number of methoxy groups -OCH3 is 1. The average Bonchev–Trinajstić information content (AvgIpc) is 3.07. The van der Waals surface area contributed by atoms with Crippen LogP contribution in [-0.2, 0) is 24.1 Å². The number of amides is 1. The highest BCUT2D eigenvalue weighted by molar-refractivity contribution is 5.69. The van der Waals surface area contributed by atoms with Crippen molar-refractivity contribution in [3.05, 3.63) is 47.0 Å². The summed E-state index contributed by atoms with van der Waals surface area (Å²) in [6, 6.07) is 2.25. The third-order valence-corrected chi connectivity index (χ3v) is 5.16. The third-order valence-electron chi connectivity index (χ3n) is 5.16. The van der Waals surface area contributed by atoms with Crippen molar-refractivity contribution in [2.24, 2.45) is 0 Å². The summed E-state index contributed by atoms with van der Waals surface area (Å²) in [5.41, 5.74) is 0.802. The maximum atomic E-state index is 14.1. The van der Waals surface area contributed by atoms with E-state index < -0.39 is 29.1 Å². The van der Waals surface area contributed by atoms with Crippen molar-refractivity contribution in [2.75, 3.05) is 13.7 Å². The van der Waals surface area contributed by atoms with Crippen LogP contribution in [0.1, 0.15) is 57.2 Å². The molecule has 8 heteroatoms. The molecule has 1 aromatic carbocycles. The summed E-state index contributed by atoms with van der Waals surface area (Å²) in [4.78, 5) is 19.0. The Balaban J connectivity index is 1.87. The summed E-state index contributed by atoms with van der Waals surface area (Å²) in [7, 11) is 1.23. The number of imidazole rings is 1. The van der Waals surface area contributed by atoms with Crippen LogP contribution in [0.3, 0.4) is 0 Å². The van der Waals surface area contributed by atoms with Gasteiger partial charge in [0, 0.05) is 19.5 Å². The van der Waals surface area contributed by atoms with Crippen molar-refractivity contribution in [1.82, 2.24) is 14.5 Å². The van der Waals surface area contributed by atoms with E-state index in [4.69, 9.17) is 9.47 Å². The summed E-state index contributed by atoms with van der Waals surface area (Å²) in [6.07, 6.45) is 3.04. The number of ether oxygens (including phenoxy) is 2. The SMILES string of the molecule is CCc1ncc2n1CCN(C(=O)OC(C)(C)C)C2CCc1cc(F)c(OC)c(F)c1. The van der Waals surface area contributed by atoms with Gasteiger partial charge in [-0.05, 0) is 51.3 Å². The van der Waals surface area contributed by atoms with Crippen LogP contribution in [0.15, 0.2) is 18.3 Å². The molecule has 0 bridgehead atoms. The maximum Gasteiger partial charge on any atom is 0.410 e. The highest BCUT2D eigenvalue weighted by atomic mass is 19.1. The Morgan fingerprint density at radius 3 is 2.47 bits per heavy atom. The first kappa shape index (κ1) is 22.1. The first-order valence-electron chi connectivity index (χ1n) is 10.2. The van der Waals surface area contributed by atoms with Gasteiger partial charge in [0.05, 0.1) is 25.0 Å². The molecule has 1 unspecified atom stereocenters. The van der Waals surface area contributed by atoms with E-state index in [9.17, 15) is 13.6 Å². The number of halogens is 2. The van der Waals surface area contributed by atoms with E-state index >= 15 is 0 Å². The molecule has 3 rings (SSSR count). The van der Waals surface area contributed by atoms with E-state index in [0.717, 1.165) is 17.9 Å². The molecule has 0 fully saturated rings. The van der Waals surface area contributed by atoms with Crippen LogP contribution in [0, 0.1) is 11.6 Å². The van der Waals surface area contributed by atoms with Gasteiger partial charge < -0.3 is 14.0 Å². The second-order valence-corrected chi connectivity index (χ2v) is 8.43. The van der Waals surface area contributed by atoms with Gasteiger partial charge in [0.25, 0.3) is 0 Å². The number of hydrogen-bond donors (Lipinski definition) is 0. The predicted octanol–water partition coefficient (Wildman–Crippen LogP) is 4.66. The minimum atomic E-state index is -0.738. The van der Waals surface area contributed by atoms with Crippen LogP contribution >= 0.6 is 0 Å². The first-order chi connectivity index (χ1) is 14.1. The lowest BCUT2D eigenvalue weighted by Crippen LogP contribution is -2.44. The van der Waals surface area contributed by atoms with Crippen LogP contribution in [0.5, 0.6) is 5.75 Å². The number of hydrogen-bond acceptors (Lipinski definition) is 4. The van der Waals surface area contributed by atoms with Gasteiger partial charge in [0.2, 0.25) is 0 Å². The molecular formula is C22H29F2N3O3. The van der Waals surface area contributed by atoms with E-state index in [1.807, 2.05) is 27.7 Å². The summed E-state index contributed by atoms with van der Waals surface area (Å²) in [5.74, 6) is -0.908. The van der Waals surface area contributed by atoms with E-state index in [2.05, 4.69) is 9.55 Å². The van der Waals surface area contributed by atoms with Gasteiger partial charge in [0.1, 0.15) is 11.4 Å². The maximum absolute atomic E-state index is 14.1. The highest BCUT2D eigenvalue weighted by Crippen LogP contribution is 2.33. The van der Waals surface area contributed by atoms with Crippen molar-refractivity contribution in [1.29, 1.82) is 0 Å². The molecule has 0 spiro atoms. The zero-order valence-electron chi connectivity index (χ0n) is 18.2. The summed E-state index contributed by atoms with van der Waals surface area (Å²) in [6.45, 7) is 8.64. The molecule has 1 aliphatic rings. The Hall–Kier alpha value is -2.64. The molecular weight excluding hydrogens is 392 g/mol. The van der Waals surface area contributed by atoms with Gasteiger partial charge in [0.15, 0.2) is 17.4 Å². The molecule has 1 atom stereocenters. The number of aromatic nitrogens is 2. The van der Waals surface area contributed by atoms with E-state index in [1.54, 1.807) is 11.1 Å². The van der Waals surface area contributed by atoms with Gasteiger partial charge in [-0.15, -0.1) is 0 Å². The third kappa shape index (κ3) is 4.57. The van der Waals surface area contributed by atoms with Crippen molar-refractivity contribution >= 4 is 6.09 Å². The number of aryl methyl sites for hydroxylation is 2. The Kier molecular flexibility index (Phi) is 6.33. The Labute approximate surface area is 175 Å². The fourth-order valence-electron chi connectivity index (χ4n) is 3.86. The molecule has 164 valence electrons. The second-order valence-electron chi connectivity index (χ2n) is 8.43. The van der Waals surface area contributed by atoms with E-state index in [1.165, 1.54) is 19.2 Å². The van der Waals surface area contributed by atoms with Crippen LogP contribution in [0.25, 0.3) is 0 Å². The van der Waals surface area contributed by atoms with Crippen molar-refractivity contribution in [3.8, 4) is 5.75 Å². The number of fused-ring (bicyclic) bond motifs is 1. The van der Waals surface area contributed by atoms with Crippen molar-refractivity contribution in [3.63, 3.8) is 0 Å². The number of carbonyl (C=O) groups is 1. The molecule has 0 saturated heterocycles. The van der Waals surface area contributed by atoms with Gasteiger partial charge in [-0.2, -0.15) is 0 Å². The fraction of sp³-hybridized carbons (Fsp3) is 0.545. The van der Waals surface area contributed by atoms with Gasteiger partial charge in [-0.3, -0.25) is 4.90 Å². The van der Waals surface area contributed by atoms with Crippen LogP contribution in [-0.4, -0.2) is 39.8 Å². The van der Waals surface area contributed by atoms with Crippen LogP contribution < -0.4 is 4.74 Å². The van der Waals surface area contributed by atoms with Crippen LogP contribution in [0.4, 0.5) is 13.6 Å². The first-order valence-corrected chi connectivity index (χ1v) is 10.2. The van der Waals surface area contributed by atoms with Gasteiger partial charge >= 0.3 is 6.09 Å². The molecule has 1 aromatic heterocycles. The molecule has 0 N–H and O–H groups in total. The number of carbonyl (C=O) groups excluding carboxylic acids is 1. The van der Waals surface area contributed by atoms with E-state index in [0.29, 0.717) is 31.5 Å². The van der Waals surface area contributed by atoms with Crippen molar-refractivity contribution in [2.45, 2.75) is 65.1 Å².